The molecule has 0 aromatic heterocycles. The summed E-state index contributed by atoms with van der Waals surface area (Å²) in [6, 6.07) is 0. The van der Waals surface area contributed by atoms with Crippen molar-refractivity contribution in [3.63, 3.8) is 0 Å². The van der Waals surface area contributed by atoms with E-state index >= 15 is 0 Å². The molecule has 3 nitrogen and oxygen atoms in total. The third kappa shape index (κ3) is 3.32. The molecular weight excluding hydrogens is 212 g/mol. The third-order valence-electron chi connectivity index (χ3n) is 4.14. The van der Waals surface area contributed by atoms with E-state index in [1.165, 1.54) is 18.4 Å². The van der Waals surface area contributed by atoms with Crippen molar-refractivity contribution in [2.75, 3.05) is 19.6 Å². The van der Waals surface area contributed by atoms with E-state index in [4.69, 9.17) is 0 Å². The summed E-state index contributed by atoms with van der Waals surface area (Å²) < 4.78 is 0. The van der Waals surface area contributed by atoms with Gasteiger partial charge in [0.25, 0.3) is 0 Å². The highest BCUT2D eigenvalue weighted by Crippen LogP contribution is 2.37. The van der Waals surface area contributed by atoms with Crippen LogP contribution in [0.4, 0.5) is 0 Å². The van der Waals surface area contributed by atoms with Gasteiger partial charge in [0, 0.05) is 18.5 Å². The minimum atomic E-state index is -0.0809. The summed E-state index contributed by atoms with van der Waals surface area (Å²) in [5, 5.41) is 6.41. The van der Waals surface area contributed by atoms with Gasteiger partial charge in [-0.25, -0.2) is 0 Å². The first-order chi connectivity index (χ1) is 8.21. The zero-order chi connectivity index (χ0) is 12.1. The van der Waals surface area contributed by atoms with Crippen LogP contribution in [0.5, 0.6) is 0 Å². The second-order valence-corrected chi connectivity index (χ2v) is 5.59. The Morgan fingerprint density at radius 1 is 1.47 bits per heavy atom. The molecule has 0 bridgehead atoms. The normalized spacial score (nSPS) is 23.2. The summed E-state index contributed by atoms with van der Waals surface area (Å²) in [5.41, 5.74) is 1.41. The molecular formula is C14H24N2O. The average molecular weight is 236 g/mol. The van der Waals surface area contributed by atoms with Crippen molar-refractivity contribution in [3.05, 3.63) is 11.6 Å². The van der Waals surface area contributed by atoms with E-state index in [0.717, 1.165) is 45.3 Å². The van der Waals surface area contributed by atoms with Crippen LogP contribution in [-0.2, 0) is 4.79 Å². The second-order valence-electron chi connectivity index (χ2n) is 5.59. The zero-order valence-electron chi connectivity index (χ0n) is 10.8. The van der Waals surface area contributed by atoms with Crippen LogP contribution in [0.2, 0.25) is 0 Å². The van der Waals surface area contributed by atoms with Gasteiger partial charge in [-0.3, -0.25) is 4.79 Å². The summed E-state index contributed by atoms with van der Waals surface area (Å²) in [7, 11) is 0. The molecule has 1 fully saturated rings. The fourth-order valence-electron chi connectivity index (χ4n) is 2.83. The van der Waals surface area contributed by atoms with Crippen LogP contribution in [0.15, 0.2) is 11.6 Å². The molecule has 0 spiro atoms. The molecule has 1 amide bonds. The summed E-state index contributed by atoms with van der Waals surface area (Å²) >= 11 is 0. The van der Waals surface area contributed by atoms with Crippen molar-refractivity contribution in [2.24, 2.45) is 5.41 Å². The number of hydrogen-bond donors (Lipinski definition) is 2. The Balaban J connectivity index is 1.71. The maximum atomic E-state index is 12.1. The fourth-order valence-corrected chi connectivity index (χ4v) is 2.83. The van der Waals surface area contributed by atoms with Gasteiger partial charge in [-0.1, -0.05) is 31.4 Å². The Kier molecular flexibility index (Phi) is 4.21. The SMILES string of the molecule is CC1(C(=O)NCCC2=CCNCC2)CCCC1. The Bertz CT molecular complexity index is 303. The van der Waals surface area contributed by atoms with Crippen molar-refractivity contribution >= 4 is 5.91 Å². The minimum Gasteiger partial charge on any atom is -0.355 e. The Morgan fingerprint density at radius 2 is 2.24 bits per heavy atom. The predicted molar refractivity (Wildman–Crippen MR) is 69.8 cm³/mol. The van der Waals surface area contributed by atoms with Crippen LogP contribution in [-0.4, -0.2) is 25.5 Å². The average Bonchev–Trinajstić information content (AvgIpc) is 2.79. The van der Waals surface area contributed by atoms with Crippen LogP contribution in [0, 0.1) is 5.41 Å². The summed E-state index contributed by atoms with van der Waals surface area (Å²) in [6.45, 7) is 4.98. The number of nitrogens with one attached hydrogen (secondary N) is 2. The lowest BCUT2D eigenvalue weighted by atomic mass is 9.88. The molecule has 0 saturated heterocycles. The summed E-state index contributed by atoms with van der Waals surface area (Å²) in [4.78, 5) is 12.1. The van der Waals surface area contributed by atoms with Gasteiger partial charge in [-0.2, -0.15) is 0 Å². The topological polar surface area (TPSA) is 41.1 Å². The molecule has 3 heteroatoms. The van der Waals surface area contributed by atoms with Gasteiger partial charge in [0.1, 0.15) is 0 Å². The van der Waals surface area contributed by atoms with Crippen LogP contribution >= 0.6 is 0 Å². The van der Waals surface area contributed by atoms with Crippen LogP contribution < -0.4 is 10.6 Å². The van der Waals surface area contributed by atoms with Crippen molar-refractivity contribution in [2.45, 2.75) is 45.4 Å². The molecule has 2 rings (SSSR count). The maximum absolute atomic E-state index is 12.1. The summed E-state index contributed by atoms with van der Waals surface area (Å²) in [6.07, 6.45) is 8.95. The van der Waals surface area contributed by atoms with Crippen molar-refractivity contribution in [1.82, 2.24) is 10.6 Å². The quantitative estimate of drug-likeness (QED) is 0.733. The van der Waals surface area contributed by atoms with E-state index in [9.17, 15) is 4.79 Å². The molecule has 1 heterocycles. The number of carbonyl (C=O) groups is 1. The lowest BCUT2D eigenvalue weighted by Gasteiger charge is -2.22. The van der Waals surface area contributed by atoms with Crippen LogP contribution in [0.3, 0.4) is 0 Å². The van der Waals surface area contributed by atoms with E-state index in [1.807, 2.05) is 0 Å². The zero-order valence-corrected chi connectivity index (χ0v) is 10.8. The van der Waals surface area contributed by atoms with Crippen LogP contribution in [0.1, 0.15) is 45.4 Å². The molecule has 0 unspecified atom stereocenters. The molecule has 1 aliphatic carbocycles. The molecule has 96 valence electrons. The predicted octanol–water partition coefficient (Wildman–Crippen LogP) is 1.99. The van der Waals surface area contributed by atoms with Gasteiger partial charge in [-0.05, 0) is 32.2 Å². The van der Waals surface area contributed by atoms with Crippen molar-refractivity contribution in [3.8, 4) is 0 Å². The van der Waals surface area contributed by atoms with E-state index in [1.54, 1.807) is 0 Å². The molecule has 2 N–H and O–H groups in total. The van der Waals surface area contributed by atoms with Gasteiger partial charge in [0.2, 0.25) is 5.91 Å². The molecule has 2 aliphatic rings. The van der Waals surface area contributed by atoms with Gasteiger partial charge in [0.15, 0.2) is 0 Å². The third-order valence-corrected chi connectivity index (χ3v) is 4.14. The van der Waals surface area contributed by atoms with Crippen molar-refractivity contribution < 1.29 is 4.79 Å². The highest BCUT2D eigenvalue weighted by atomic mass is 16.2. The second kappa shape index (κ2) is 5.67. The maximum Gasteiger partial charge on any atom is 0.225 e. The number of rotatable bonds is 4. The van der Waals surface area contributed by atoms with Crippen LogP contribution in [0.25, 0.3) is 0 Å². The lowest BCUT2D eigenvalue weighted by Crippen LogP contribution is -2.37. The Hall–Kier alpha value is -0.830. The Labute approximate surface area is 104 Å². The molecule has 1 aliphatic heterocycles. The fraction of sp³-hybridized carbons (Fsp3) is 0.786. The molecule has 0 atom stereocenters. The van der Waals surface area contributed by atoms with Crippen molar-refractivity contribution in [1.29, 1.82) is 0 Å². The Morgan fingerprint density at radius 3 is 2.88 bits per heavy atom. The highest BCUT2D eigenvalue weighted by molar-refractivity contribution is 5.82. The number of amides is 1. The van der Waals surface area contributed by atoms with E-state index in [0.29, 0.717) is 0 Å². The van der Waals surface area contributed by atoms with E-state index < -0.39 is 0 Å². The van der Waals surface area contributed by atoms with E-state index in [2.05, 4.69) is 23.6 Å². The van der Waals surface area contributed by atoms with E-state index in [-0.39, 0.29) is 11.3 Å². The molecule has 0 radical (unpaired) electrons. The molecule has 17 heavy (non-hydrogen) atoms. The number of hydrogen-bond acceptors (Lipinski definition) is 2. The van der Waals surface area contributed by atoms with Gasteiger partial charge in [-0.15, -0.1) is 0 Å². The first kappa shape index (κ1) is 12.6. The van der Waals surface area contributed by atoms with Gasteiger partial charge >= 0.3 is 0 Å². The molecule has 0 aromatic rings. The summed E-state index contributed by atoms with van der Waals surface area (Å²) in [5.74, 6) is 0.268. The minimum absolute atomic E-state index is 0.0809. The van der Waals surface area contributed by atoms with Gasteiger partial charge < -0.3 is 10.6 Å². The first-order valence-electron chi connectivity index (χ1n) is 6.88. The monoisotopic (exact) mass is 236 g/mol. The molecule has 1 saturated carbocycles. The number of carbonyl (C=O) groups excluding carboxylic acids is 1. The smallest absolute Gasteiger partial charge is 0.225 e. The first-order valence-corrected chi connectivity index (χ1v) is 6.88. The lowest BCUT2D eigenvalue weighted by molar-refractivity contribution is -0.129. The van der Waals surface area contributed by atoms with Gasteiger partial charge in [0.05, 0.1) is 0 Å². The molecule has 0 aromatic carbocycles. The highest BCUT2D eigenvalue weighted by Gasteiger charge is 2.35. The standard InChI is InChI=1S/C14H24N2O/c1-14(7-2-3-8-14)13(17)16-11-6-12-4-9-15-10-5-12/h4,15H,2-3,5-11H2,1H3,(H,16,17). The largest absolute Gasteiger partial charge is 0.355 e.